The lowest BCUT2D eigenvalue weighted by Crippen LogP contribution is -2.33. The molecule has 0 bridgehead atoms. The molecule has 1 fully saturated rings. The lowest BCUT2D eigenvalue weighted by atomic mass is 10.1. The molecule has 3 N–H and O–H groups in total. The number of hydrogen-bond donors (Lipinski definition) is 3. The third-order valence-corrected chi connectivity index (χ3v) is 3.39. The summed E-state index contributed by atoms with van der Waals surface area (Å²) in [6, 6.07) is 5.34. The average molecular weight is 270 g/mol. The van der Waals surface area contributed by atoms with Crippen LogP contribution in [0.5, 0.6) is 5.75 Å². The number of aromatic hydroxyl groups is 1. The number of benzene rings is 1. The van der Waals surface area contributed by atoms with Gasteiger partial charge in [0.25, 0.3) is 0 Å². The molecule has 1 aliphatic rings. The molecule has 0 saturated carbocycles. The molecule has 2 aromatic rings. The van der Waals surface area contributed by atoms with Crippen LogP contribution in [-0.4, -0.2) is 27.7 Å². The van der Waals surface area contributed by atoms with Crippen molar-refractivity contribution < 1.29 is 5.11 Å². The van der Waals surface area contributed by atoms with E-state index in [0.717, 1.165) is 25.9 Å². The molecule has 0 atom stereocenters. The number of nitrogens with one attached hydrogen (secondary N) is 2. The number of nitrogens with zero attached hydrogens (tertiary/aromatic N) is 1. The van der Waals surface area contributed by atoms with E-state index in [1.165, 1.54) is 0 Å². The van der Waals surface area contributed by atoms with Crippen molar-refractivity contribution in [2.75, 3.05) is 13.1 Å². The van der Waals surface area contributed by atoms with E-state index in [1.54, 1.807) is 16.7 Å². The normalized spacial score (nSPS) is 16.7. The van der Waals surface area contributed by atoms with Gasteiger partial charge in [-0.15, -0.1) is 12.4 Å². The molecule has 0 unspecified atom stereocenters. The third-order valence-electron chi connectivity index (χ3n) is 3.39. The van der Waals surface area contributed by atoms with Crippen LogP contribution in [-0.2, 0) is 0 Å². The van der Waals surface area contributed by atoms with Crippen LogP contribution >= 0.6 is 12.4 Å². The Morgan fingerprint density at radius 1 is 1.28 bits per heavy atom. The molecule has 3 rings (SSSR count). The van der Waals surface area contributed by atoms with Gasteiger partial charge in [0, 0.05) is 6.04 Å². The van der Waals surface area contributed by atoms with E-state index in [-0.39, 0.29) is 29.9 Å². The van der Waals surface area contributed by atoms with E-state index in [4.69, 9.17) is 0 Å². The molecule has 0 radical (unpaired) electrons. The molecule has 98 valence electrons. The molecule has 5 nitrogen and oxygen atoms in total. The Labute approximate surface area is 110 Å². The molecule has 0 aliphatic carbocycles. The molecule has 1 saturated heterocycles. The first-order valence-corrected chi connectivity index (χ1v) is 5.90. The summed E-state index contributed by atoms with van der Waals surface area (Å²) < 4.78 is 1.70. The first kappa shape index (κ1) is 13.0. The smallest absolute Gasteiger partial charge is 0.326 e. The fourth-order valence-corrected chi connectivity index (χ4v) is 2.58. The summed E-state index contributed by atoms with van der Waals surface area (Å²) in [6.45, 7) is 1.83. The number of piperidine rings is 1. The van der Waals surface area contributed by atoms with E-state index in [0.29, 0.717) is 11.0 Å². The molecule has 0 amide bonds. The second-order valence-electron chi connectivity index (χ2n) is 4.45. The van der Waals surface area contributed by atoms with Gasteiger partial charge in [0.15, 0.2) is 0 Å². The number of rotatable bonds is 1. The maximum absolute atomic E-state index is 12.0. The van der Waals surface area contributed by atoms with Crippen molar-refractivity contribution >= 4 is 23.4 Å². The van der Waals surface area contributed by atoms with Crippen LogP contribution in [0.25, 0.3) is 11.0 Å². The van der Waals surface area contributed by atoms with Crippen molar-refractivity contribution in [3.63, 3.8) is 0 Å². The highest BCUT2D eigenvalue weighted by Gasteiger charge is 2.20. The summed E-state index contributed by atoms with van der Waals surface area (Å²) in [5, 5.41) is 13.2. The van der Waals surface area contributed by atoms with Crippen molar-refractivity contribution in [1.29, 1.82) is 0 Å². The first-order valence-electron chi connectivity index (χ1n) is 5.90. The van der Waals surface area contributed by atoms with Crippen LogP contribution in [0.1, 0.15) is 18.9 Å². The van der Waals surface area contributed by atoms with E-state index in [2.05, 4.69) is 10.3 Å². The van der Waals surface area contributed by atoms with Crippen molar-refractivity contribution in [1.82, 2.24) is 14.9 Å². The molecule has 0 spiro atoms. The second-order valence-corrected chi connectivity index (χ2v) is 4.45. The number of phenolic OH excluding ortho intramolecular Hbond substituents is 1. The van der Waals surface area contributed by atoms with Gasteiger partial charge in [-0.1, -0.05) is 6.07 Å². The second kappa shape index (κ2) is 5.04. The van der Waals surface area contributed by atoms with E-state index < -0.39 is 0 Å². The van der Waals surface area contributed by atoms with Gasteiger partial charge in [-0.25, -0.2) is 4.79 Å². The third kappa shape index (κ3) is 2.00. The Kier molecular flexibility index (Phi) is 3.63. The number of H-pyrrole nitrogens is 1. The largest absolute Gasteiger partial charge is 0.506 e. The average Bonchev–Trinajstić information content (AvgIpc) is 2.68. The number of aromatic amines is 1. The zero-order valence-corrected chi connectivity index (χ0v) is 10.7. The van der Waals surface area contributed by atoms with Gasteiger partial charge < -0.3 is 15.4 Å². The zero-order chi connectivity index (χ0) is 11.8. The number of halogens is 1. The topological polar surface area (TPSA) is 70.0 Å². The van der Waals surface area contributed by atoms with Gasteiger partial charge >= 0.3 is 5.69 Å². The van der Waals surface area contributed by atoms with Crippen LogP contribution in [0.15, 0.2) is 23.0 Å². The fourth-order valence-electron chi connectivity index (χ4n) is 2.58. The van der Waals surface area contributed by atoms with Gasteiger partial charge in [0.1, 0.15) is 11.3 Å². The van der Waals surface area contributed by atoms with Crippen molar-refractivity contribution in [2.24, 2.45) is 0 Å². The van der Waals surface area contributed by atoms with Crippen LogP contribution < -0.4 is 11.0 Å². The number of aromatic nitrogens is 2. The summed E-state index contributed by atoms with van der Waals surface area (Å²) in [4.78, 5) is 14.8. The van der Waals surface area contributed by atoms with Gasteiger partial charge in [0.2, 0.25) is 0 Å². The number of phenols is 1. The Bertz CT molecular complexity index is 599. The highest BCUT2D eigenvalue weighted by atomic mass is 35.5. The lowest BCUT2D eigenvalue weighted by Gasteiger charge is -2.23. The number of para-hydroxylation sites is 1. The van der Waals surface area contributed by atoms with Gasteiger partial charge in [0.05, 0.1) is 5.52 Å². The van der Waals surface area contributed by atoms with Crippen molar-refractivity contribution in [3.8, 4) is 5.75 Å². The van der Waals surface area contributed by atoms with E-state index in [9.17, 15) is 9.90 Å². The van der Waals surface area contributed by atoms with Gasteiger partial charge in [-0.3, -0.25) is 4.57 Å². The fraction of sp³-hybridized carbons (Fsp3) is 0.417. The summed E-state index contributed by atoms with van der Waals surface area (Å²) in [5.74, 6) is 0.166. The van der Waals surface area contributed by atoms with Crippen LogP contribution in [0.3, 0.4) is 0 Å². The predicted molar refractivity (Wildman–Crippen MR) is 72.6 cm³/mol. The minimum atomic E-state index is -0.131. The van der Waals surface area contributed by atoms with Crippen molar-refractivity contribution in [3.05, 3.63) is 28.7 Å². The predicted octanol–water partition coefficient (Wildman–Crippen LogP) is 1.38. The first-order chi connectivity index (χ1) is 8.27. The maximum Gasteiger partial charge on any atom is 0.326 e. The zero-order valence-electron chi connectivity index (χ0n) is 9.85. The molecule has 1 aromatic heterocycles. The lowest BCUT2D eigenvalue weighted by molar-refractivity contribution is 0.365. The standard InChI is InChI=1S/C12H15N3O2.ClH/c16-10-3-1-2-9-11(10)15(12(17)14-9)8-4-6-13-7-5-8;/h1-3,8,13,16H,4-7H2,(H,14,17);1H. The van der Waals surface area contributed by atoms with E-state index in [1.807, 2.05) is 6.07 Å². The number of fused-ring (bicyclic) bond motifs is 1. The summed E-state index contributed by atoms with van der Waals surface area (Å²) >= 11 is 0. The summed E-state index contributed by atoms with van der Waals surface area (Å²) in [7, 11) is 0. The summed E-state index contributed by atoms with van der Waals surface area (Å²) in [5.41, 5.74) is 1.20. The van der Waals surface area contributed by atoms with Crippen LogP contribution in [0, 0.1) is 0 Å². The molecule has 1 aromatic carbocycles. The van der Waals surface area contributed by atoms with Gasteiger partial charge in [-0.2, -0.15) is 0 Å². The highest BCUT2D eigenvalue weighted by molar-refractivity contribution is 5.85. The Hall–Kier alpha value is -1.46. The molecular formula is C12H16ClN3O2. The van der Waals surface area contributed by atoms with Crippen LogP contribution in [0.2, 0.25) is 0 Å². The molecule has 6 heteroatoms. The highest BCUT2D eigenvalue weighted by Crippen LogP contribution is 2.27. The Balaban J connectivity index is 0.00000120. The SMILES string of the molecule is Cl.O=c1[nH]c2cccc(O)c2n1C1CCNCC1. The molecule has 1 aliphatic heterocycles. The maximum atomic E-state index is 12.0. The van der Waals surface area contributed by atoms with Crippen molar-refractivity contribution in [2.45, 2.75) is 18.9 Å². The Morgan fingerprint density at radius 3 is 2.72 bits per heavy atom. The number of imidazole rings is 1. The molecule has 18 heavy (non-hydrogen) atoms. The monoisotopic (exact) mass is 269 g/mol. The van der Waals surface area contributed by atoms with Crippen LogP contribution in [0.4, 0.5) is 0 Å². The molecular weight excluding hydrogens is 254 g/mol. The summed E-state index contributed by atoms with van der Waals surface area (Å²) in [6.07, 6.45) is 1.84. The van der Waals surface area contributed by atoms with E-state index >= 15 is 0 Å². The number of hydrogen-bond acceptors (Lipinski definition) is 3. The Morgan fingerprint density at radius 2 is 2.00 bits per heavy atom. The minimum absolute atomic E-state index is 0. The molecule has 2 heterocycles. The van der Waals surface area contributed by atoms with Gasteiger partial charge in [-0.05, 0) is 38.1 Å². The minimum Gasteiger partial charge on any atom is -0.506 e. The quantitative estimate of drug-likeness (QED) is 0.733.